The van der Waals surface area contributed by atoms with Gasteiger partial charge in [0.1, 0.15) is 5.15 Å². The summed E-state index contributed by atoms with van der Waals surface area (Å²) in [4.78, 5) is 18.3. The molecule has 20 heavy (non-hydrogen) atoms. The second-order valence-electron chi connectivity index (χ2n) is 4.99. The van der Waals surface area contributed by atoms with Gasteiger partial charge in [0.25, 0.3) is 5.91 Å². The van der Waals surface area contributed by atoms with E-state index in [0.29, 0.717) is 11.5 Å². The van der Waals surface area contributed by atoms with Gasteiger partial charge in [-0.1, -0.05) is 41.9 Å². The molecule has 0 saturated carbocycles. The molecule has 1 fully saturated rings. The van der Waals surface area contributed by atoms with E-state index in [1.165, 1.54) is 5.56 Å². The van der Waals surface area contributed by atoms with Crippen molar-refractivity contribution in [2.75, 3.05) is 13.1 Å². The third-order valence-electron chi connectivity index (χ3n) is 3.74. The van der Waals surface area contributed by atoms with Crippen molar-refractivity contribution in [3.8, 4) is 0 Å². The van der Waals surface area contributed by atoms with Crippen LogP contribution in [0.5, 0.6) is 0 Å². The molecule has 1 unspecified atom stereocenters. The Kier molecular flexibility index (Phi) is 3.70. The first-order chi connectivity index (χ1) is 9.75. The highest BCUT2D eigenvalue weighted by atomic mass is 35.5. The number of rotatable bonds is 2. The number of carbonyl (C=O) groups is 1. The van der Waals surface area contributed by atoms with E-state index >= 15 is 0 Å². The number of aromatic nitrogens is 1. The van der Waals surface area contributed by atoms with Crippen molar-refractivity contribution in [3.63, 3.8) is 0 Å². The Labute approximate surface area is 123 Å². The summed E-state index contributed by atoms with van der Waals surface area (Å²) >= 11 is 5.99. The minimum absolute atomic E-state index is 0.0264. The molecule has 0 radical (unpaired) electrons. The quantitative estimate of drug-likeness (QED) is 0.793. The van der Waals surface area contributed by atoms with Crippen LogP contribution < -0.4 is 0 Å². The summed E-state index contributed by atoms with van der Waals surface area (Å²) < 4.78 is 0. The summed E-state index contributed by atoms with van der Waals surface area (Å²) in [5, 5.41) is 0.278. The Hall–Kier alpha value is -1.87. The molecule has 1 saturated heterocycles. The van der Waals surface area contributed by atoms with Crippen LogP contribution in [-0.2, 0) is 0 Å². The van der Waals surface area contributed by atoms with Crippen LogP contribution in [-0.4, -0.2) is 28.9 Å². The lowest BCUT2D eigenvalue weighted by atomic mass is 9.99. The average Bonchev–Trinajstić information content (AvgIpc) is 2.98. The van der Waals surface area contributed by atoms with Crippen LogP contribution in [0.4, 0.5) is 0 Å². The molecule has 1 amide bonds. The monoisotopic (exact) mass is 286 g/mol. The molecule has 1 aliphatic heterocycles. The van der Waals surface area contributed by atoms with Gasteiger partial charge < -0.3 is 4.90 Å². The summed E-state index contributed by atoms with van der Waals surface area (Å²) in [6.45, 7) is 1.51. The third kappa shape index (κ3) is 2.54. The first-order valence-electron chi connectivity index (χ1n) is 6.70. The van der Waals surface area contributed by atoms with Crippen molar-refractivity contribution in [1.29, 1.82) is 0 Å². The van der Waals surface area contributed by atoms with Gasteiger partial charge in [0, 0.05) is 25.2 Å². The molecule has 4 heteroatoms. The number of halogens is 1. The molecule has 0 bridgehead atoms. The molecule has 0 aliphatic carbocycles. The van der Waals surface area contributed by atoms with Gasteiger partial charge in [0.05, 0.1) is 5.56 Å². The van der Waals surface area contributed by atoms with Crippen molar-refractivity contribution in [1.82, 2.24) is 9.88 Å². The van der Waals surface area contributed by atoms with Gasteiger partial charge >= 0.3 is 0 Å². The van der Waals surface area contributed by atoms with Crippen LogP contribution in [0.1, 0.15) is 28.3 Å². The van der Waals surface area contributed by atoms with Gasteiger partial charge in [-0.25, -0.2) is 4.98 Å². The molecule has 3 rings (SSSR count). The Morgan fingerprint density at radius 2 is 2.00 bits per heavy atom. The SMILES string of the molecule is O=C(c1cccnc1Cl)N1CCC(c2ccccc2)C1. The molecular weight excluding hydrogens is 272 g/mol. The molecule has 2 aromatic rings. The van der Waals surface area contributed by atoms with Crippen molar-refractivity contribution in [2.24, 2.45) is 0 Å². The summed E-state index contributed by atoms with van der Waals surface area (Å²) in [6.07, 6.45) is 2.59. The smallest absolute Gasteiger partial charge is 0.257 e. The predicted molar refractivity (Wildman–Crippen MR) is 79.0 cm³/mol. The zero-order valence-electron chi connectivity index (χ0n) is 11.0. The minimum atomic E-state index is -0.0264. The number of pyridine rings is 1. The lowest BCUT2D eigenvalue weighted by Crippen LogP contribution is -2.28. The lowest BCUT2D eigenvalue weighted by Gasteiger charge is -2.17. The minimum Gasteiger partial charge on any atom is -0.338 e. The third-order valence-corrected chi connectivity index (χ3v) is 4.04. The lowest BCUT2D eigenvalue weighted by molar-refractivity contribution is 0.0790. The van der Waals surface area contributed by atoms with Gasteiger partial charge in [0.2, 0.25) is 0 Å². The number of carbonyl (C=O) groups excluding carboxylic acids is 1. The van der Waals surface area contributed by atoms with E-state index in [0.717, 1.165) is 19.5 Å². The highest BCUT2D eigenvalue weighted by Crippen LogP contribution is 2.28. The van der Waals surface area contributed by atoms with E-state index < -0.39 is 0 Å². The standard InChI is InChI=1S/C16H15ClN2O/c17-15-14(7-4-9-18-15)16(20)19-10-8-13(11-19)12-5-2-1-3-6-12/h1-7,9,13H,8,10-11H2. The van der Waals surface area contributed by atoms with Crippen LogP contribution in [0.15, 0.2) is 48.7 Å². The van der Waals surface area contributed by atoms with E-state index in [9.17, 15) is 4.79 Å². The molecule has 102 valence electrons. The van der Waals surface area contributed by atoms with Crippen LogP contribution in [0, 0.1) is 0 Å². The molecule has 2 heterocycles. The highest BCUT2D eigenvalue weighted by Gasteiger charge is 2.28. The maximum atomic E-state index is 12.4. The Bertz CT molecular complexity index is 615. The maximum Gasteiger partial charge on any atom is 0.257 e. The van der Waals surface area contributed by atoms with Gasteiger partial charge in [0.15, 0.2) is 0 Å². The van der Waals surface area contributed by atoms with E-state index in [1.807, 2.05) is 23.1 Å². The highest BCUT2D eigenvalue weighted by molar-refractivity contribution is 6.32. The molecule has 3 nitrogen and oxygen atoms in total. The van der Waals surface area contributed by atoms with Gasteiger partial charge in [-0.05, 0) is 24.1 Å². The molecule has 0 spiro atoms. The van der Waals surface area contributed by atoms with Crippen LogP contribution in [0.3, 0.4) is 0 Å². The van der Waals surface area contributed by atoms with Crippen LogP contribution >= 0.6 is 11.6 Å². The topological polar surface area (TPSA) is 33.2 Å². The van der Waals surface area contributed by atoms with Crippen LogP contribution in [0.2, 0.25) is 5.15 Å². The maximum absolute atomic E-state index is 12.4. The van der Waals surface area contributed by atoms with Crippen molar-refractivity contribution in [3.05, 3.63) is 64.9 Å². The summed E-state index contributed by atoms with van der Waals surface area (Å²) in [6, 6.07) is 13.8. The van der Waals surface area contributed by atoms with E-state index in [4.69, 9.17) is 11.6 Å². The number of likely N-dealkylation sites (tertiary alicyclic amines) is 1. The molecule has 1 aromatic heterocycles. The predicted octanol–water partition coefficient (Wildman–Crippen LogP) is 3.36. The number of nitrogens with zero attached hydrogens (tertiary/aromatic N) is 2. The number of hydrogen-bond acceptors (Lipinski definition) is 2. The van der Waals surface area contributed by atoms with Gasteiger partial charge in [-0.15, -0.1) is 0 Å². The average molecular weight is 287 g/mol. The molecule has 1 aromatic carbocycles. The Morgan fingerprint density at radius 1 is 1.20 bits per heavy atom. The van der Waals surface area contributed by atoms with Crippen molar-refractivity contribution < 1.29 is 4.79 Å². The fourth-order valence-electron chi connectivity index (χ4n) is 2.66. The van der Waals surface area contributed by atoms with Gasteiger partial charge in [-0.3, -0.25) is 4.79 Å². The zero-order chi connectivity index (χ0) is 13.9. The zero-order valence-corrected chi connectivity index (χ0v) is 11.8. The number of amides is 1. The van der Waals surface area contributed by atoms with Gasteiger partial charge in [-0.2, -0.15) is 0 Å². The Morgan fingerprint density at radius 3 is 2.75 bits per heavy atom. The molecule has 1 aliphatic rings. The summed E-state index contributed by atoms with van der Waals surface area (Å²) in [5.41, 5.74) is 1.78. The normalized spacial score (nSPS) is 18.2. The number of hydrogen-bond donors (Lipinski definition) is 0. The second-order valence-corrected chi connectivity index (χ2v) is 5.35. The fourth-order valence-corrected chi connectivity index (χ4v) is 2.86. The molecule has 0 N–H and O–H groups in total. The van der Waals surface area contributed by atoms with E-state index in [2.05, 4.69) is 17.1 Å². The van der Waals surface area contributed by atoms with Crippen molar-refractivity contribution in [2.45, 2.75) is 12.3 Å². The second kappa shape index (κ2) is 5.63. The number of benzene rings is 1. The summed E-state index contributed by atoms with van der Waals surface area (Å²) in [5.74, 6) is 0.386. The Balaban J connectivity index is 1.75. The fraction of sp³-hybridized carbons (Fsp3) is 0.250. The summed E-state index contributed by atoms with van der Waals surface area (Å²) in [7, 11) is 0. The first-order valence-corrected chi connectivity index (χ1v) is 7.08. The van der Waals surface area contributed by atoms with E-state index in [-0.39, 0.29) is 11.1 Å². The van der Waals surface area contributed by atoms with Crippen LogP contribution in [0.25, 0.3) is 0 Å². The van der Waals surface area contributed by atoms with Crippen molar-refractivity contribution >= 4 is 17.5 Å². The molecular formula is C16H15ClN2O. The first kappa shape index (κ1) is 13.1. The van der Waals surface area contributed by atoms with E-state index in [1.54, 1.807) is 18.3 Å². The largest absolute Gasteiger partial charge is 0.338 e. The molecule has 1 atom stereocenters.